The molecule has 0 spiro atoms. The highest BCUT2D eigenvalue weighted by molar-refractivity contribution is 14.1. The zero-order valence-corrected chi connectivity index (χ0v) is 13.1. The van der Waals surface area contributed by atoms with Gasteiger partial charge in [-0.05, 0) is 47.8 Å². The van der Waals surface area contributed by atoms with E-state index in [0.717, 1.165) is 24.6 Å². The van der Waals surface area contributed by atoms with Gasteiger partial charge in [0, 0.05) is 12.5 Å². The first kappa shape index (κ1) is 13.1. The molecule has 17 heavy (non-hydrogen) atoms. The van der Waals surface area contributed by atoms with Crippen LogP contribution < -0.4 is 5.32 Å². The van der Waals surface area contributed by atoms with E-state index in [1.54, 1.807) is 0 Å². The maximum absolute atomic E-state index is 4.73. The smallest absolute Gasteiger partial charge is 0.143 e. The number of hydrogen-bond acceptors (Lipinski definition) is 3. The van der Waals surface area contributed by atoms with Gasteiger partial charge in [0.2, 0.25) is 0 Å². The van der Waals surface area contributed by atoms with E-state index in [4.69, 9.17) is 9.97 Å². The van der Waals surface area contributed by atoms with Crippen LogP contribution in [0.1, 0.15) is 51.6 Å². The number of nitrogens with one attached hydrogen (secondary N) is 1. The third kappa shape index (κ3) is 2.56. The van der Waals surface area contributed by atoms with Gasteiger partial charge in [0.1, 0.15) is 11.6 Å². The van der Waals surface area contributed by atoms with Gasteiger partial charge in [-0.15, -0.1) is 0 Å². The zero-order valence-electron chi connectivity index (χ0n) is 11.0. The van der Waals surface area contributed by atoms with Gasteiger partial charge in [-0.2, -0.15) is 0 Å². The Morgan fingerprint density at radius 2 is 2.00 bits per heavy atom. The molecule has 3 nitrogen and oxygen atoms in total. The lowest BCUT2D eigenvalue weighted by Gasteiger charge is -2.12. The number of aromatic nitrogens is 2. The van der Waals surface area contributed by atoms with Crippen molar-refractivity contribution in [2.75, 3.05) is 11.9 Å². The van der Waals surface area contributed by atoms with Gasteiger partial charge in [0.15, 0.2) is 0 Å². The Hall–Kier alpha value is -0.390. The van der Waals surface area contributed by atoms with Crippen molar-refractivity contribution in [1.29, 1.82) is 0 Å². The maximum atomic E-state index is 4.73. The maximum Gasteiger partial charge on any atom is 0.143 e. The van der Waals surface area contributed by atoms with E-state index in [-0.39, 0.29) is 0 Å². The molecule has 4 heteroatoms. The van der Waals surface area contributed by atoms with Crippen LogP contribution >= 0.6 is 22.6 Å². The van der Waals surface area contributed by atoms with Gasteiger partial charge in [0.25, 0.3) is 0 Å². The van der Waals surface area contributed by atoms with Gasteiger partial charge in [-0.3, -0.25) is 0 Å². The van der Waals surface area contributed by atoms with E-state index in [9.17, 15) is 0 Å². The van der Waals surface area contributed by atoms with Crippen LogP contribution in [-0.2, 0) is 6.42 Å². The molecule has 1 aliphatic carbocycles. The van der Waals surface area contributed by atoms with Gasteiger partial charge < -0.3 is 5.32 Å². The monoisotopic (exact) mass is 345 g/mol. The molecule has 0 aliphatic heterocycles. The van der Waals surface area contributed by atoms with Gasteiger partial charge in [0.05, 0.1) is 9.26 Å². The molecule has 2 rings (SSSR count). The Balaban J connectivity index is 2.37. The molecule has 1 atom stereocenters. The summed E-state index contributed by atoms with van der Waals surface area (Å²) in [4.78, 5) is 9.43. The second kappa shape index (κ2) is 4.71. The molecule has 1 N–H and O–H groups in total. The predicted octanol–water partition coefficient (Wildman–Crippen LogP) is 3.59. The summed E-state index contributed by atoms with van der Waals surface area (Å²) in [6, 6.07) is 0. The Morgan fingerprint density at radius 1 is 1.35 bits per heavy atom. The Kier molecular flexibility index (Phi) is 3.61. The number of halogens is 1. The summed E-state index contributed by atoms with van der Waals surface area (Å²) in [6.45, 7) is 9.74. The van der Waals surface area contributed by atoms with Crippen molar-refractivity contribution in [3.05, 3.63) is 15.1 Å². The van der Waals surface area contributed by atoms with Crippen molar-refractivity contribution in [1.82, 2.24) is 9.97 Å². The minimum absolute atomic E-state index is 0.390. The highest BCUT2D eigenvalue weighted by Gasteiger charge is 2.48. The van der Waals surface area contributed by atoms with E-state index >= 15 is 0 Å². The summed E-state index contributed by atoms with van der Waals surface area (Å²) < 4.78 is 1.18. The van der Waals surface area contributed by atoms with Crippen molar-refractivity contribution in [2.24, 2.45) is 5.41 Å². The summed E-state index contributed by atoms with van der Waals surface area (Å²) in [7, 11) is 0. The van der Waals surface area contributed by atoms with Crippen LogP contribution in [0.4, 0.5) is 5.82 Å². The number of rotatable bonds is 4. The molecule has 1 fully saturated rings. The minimum Gasteiger partial charge on any atom is -0.369 e. The third-order valence-corrected chi connectivity index (χ3v) is 4.57. The molecule has 1 aliphatic rings. The van der Waals surface area contributed by atoms with Crippen molar-refractivity contribution in [3.63, 3.8) is 0 Å². The molecular weight excluding hydrogens is 325 g/mol. The van der Waals surface area contributed by atoms with Crippen molar-refractivity contribution >= 4 is 28.4 Å². The molecule has 1 saturated carbocycles. The summed E-state index contributed by atoms with van der Waals surface area (Å²) >= 11 is 2.35. The number of aryl methyl sites for hydroxylation is 1. The average molecular weight is 345 g/mol. The first-order valence-corrected chi connectivity index (χ1v) is 7.37. The van der Waals surface area contributed by atoms with Crippen LogP contribution in [0.3, 0.4) is 0 Å². The van der Waals surface area contributed by atoms with Crippen LogP contribution in [-0.4, -0.2) is 16.5 Å². The van der Waals surface area contributed by atoms with Crippen LogP contribution in [0.5, 0.6) is 0 Å². The van der Waals surface area contributed by atoms with E-state index in [0.29, 0.717) is 11.3 Å². The summed E-state index contributed by atoms with van der Waals surface area (Å²) in [5, 5.41) is 3.34. The number of nitrogens with zero attached hydrogens (tertiary/aromatic N) is 2. The molecule has 1 aromatic rings. The second-order valence-electron chi connectivity index (χ2n) is 5.32. The molecule has 0 saturated heterocycles. The molecule has 94 valence electrons. The number of anilines is 1. The lowest BCUT2D eigenvalue weighted by molar-refractivity contribution is 0.606. The molecule has 0 amide bonds. The standard InChI is InChI=1S/C13H20IN3/c1-5-9-10(14)12(15-6-2)17-11(16-9)8-7-13(8,3)4/h8H,5-7H2,1-4H3,(H,15,16,17). The summed E-state index contributed by atoms with van der Waals surface area (Å²) in [5.74, 6) is 2.59. The molecule has 1 unspecified atom stereocenters. The highest BCUT2D eigenvalue weighted by Crippen LogP contribution is 2.57. The van der Waals surface area contributed by atoms with Gasteiger partial charge in [-0.1, -0.05) is 20.8 Å². The lowest BCUT2D eigenvalue weighted by Crippen LogP contribution is -2.10. The predicted molar refractivity (Wildman–Crippen MR) is 79.4 cm³/mol. The molecule has 0 aromatic carbocycles. The highest BCUT2D eigenvalue weighted by atomic mass is 127. The molecule has 0 bridgehead atoms. The first-order valence-electron chi connectivity index (χ1n) is 6.29. The van der Waals surface area contributed by atoms with E-state index in [1.165, 1.54) is 15.7 Å². The fourth-order valence-electron chi connectivity index (χ4n) is 2.10. The fourth-order valence-corrected chi connectivity index (χ4v) is 2.91. The van der Waals surface area contributed by atoms with Crippen molar-refractivity contribution in [3.8, 4) is 0 Å². The van der Waals surface area contributed by atoms with Crippen molar-refractivity contribution < 1.29 is 0 Å². The van der Waals surface area contributed by atoms with E-state index < -0.39 is 0 Å². The van der Waals surface area contributed by atoms with Crippen molar-refractivity contribution in [2.45, 2.75) is 46.5 Å². The van der Waals surface area contributed by atoms with Crippen LogP contribution in [0.25, 0.3) is 0 Å². The molecule has 1 aromatic heterocycles. The van der Waals surface area contributed by atoms with Crippen LogP contribution in [0.15, 0.2) is 0 Å². The second-order valence-corrected chi connectivity index (χ2v) is 6.40. The SMILES string of the molecule is CCNc1nc(C2CC2(C)C)nc(CC)c1I. The molecule has 1 heterocycles. The lowest BCUT2D eigenvalue weighted by atomic mass is 10.1. The Labute approximate surface area is 117 Å². The topological polar surface area (TPSA) is 37.8 Å². The third-order valence-electron chi connectivity index (χ3n) is 3.44. The molecule has 0 radical (unpaired) electrons. The Bertz CT molecular complexity index is 429. The largest absolute Gasteiger partial charge is 0.369 e. The first-order chi connectivity index (χ1) is 7.99. The Morgan fingerprint density at radius 3 is 2.47 bits per heavy atom. The van der Waals surface area contributed by atoms with Gasteiger partial charge >= 0.3 is 0 Å². The minimum atomic E-state index is 0.390. The van der Waals surface area contributed by atoms with Crippen LogP contribution in [0.2, 0.25) is 0 Å². The fraction of sp³-hybridized carbons (Fsp3) is 0.692. The average Bonchev–Trinajstić information content (AvgIpc) is 2.91. The van der Waals surface area contributed by atoms with Crippen LogP contribution in [0, 0.1) is 8.99 Å². The summed E-state index contributed by atoms with van der Waals surface area (Å²) in [6.07, 6.45) is 2.18. The summed E-state index contributed by atoms with van der Waals surface area (Å²) in [5.41, 5.74) is 1.57. The van der Waals surface area contributed by atoms with E-state index in [1.807, 2.05) is 0 Å². The van der Waals surface area contributed by atoms with Gasteiger partial charge in [-0.25, -0.2) is 9.97 Å². The molecular formula is C13H20IN3. The van der Waals surface area contributed by atoms with E-state index in [2.05, 4.69) is 55.6 Å². The normalized spacial score (nSPS) is 21.4. The number of hydrogen-bond donors (Lipinski definition) is 1. The quantitative estimate of drug-likeness (QED) is 0.848. The zero-order chi connectivity index (χ0) is 12.6.